The fourth-order valence-corrected chi connectivity index (χ4v) is 4.42. The van der Waals surface area contributed by atoms with Gasteiger partial charge in [0, 0.05) is 5.41 Å². The van der Waals surface area contributed by atoms with Gasteiger partial charge in [-0.2, -0.15) is 0 Å². The highest BCUT2D eigenvalue weighted by atomic mass is 33.2. The number of sulfone groups is 1. The van der Waals surface area contributed by atoms with E-state index in [-0.39, 0.29) is 11.3 Å². The van der Waals surface area contributed by atoms with E-state index in [9.17, 15) is 21.0 Å². The first-order valence-electron chi connectivity index (χ1n) is 3.29. The molecule has 90 valence electrons. The van der Waals surface area contributed by atoms with Crippen LogP contribution in [0, 0.1) is 0 Å². The molecule has 1 unspecified atom stereocenters. The maximum Gasteiger partial charge on any atom is 0.311 e. The lowest BCUT2D eigenvalue weighted by atomic mass is 11.3. The largest absolute Gasteiger partial charge is 0.311 e. The highest BCUT2D eigenvalue weighted by Gasteiger charge is 2.29. The predicted octanol–water partition coefficient (Wildman–Crippen LogP) is -0.634. The Labute approximate surface area is 96.5 Å². The third kappa shape index (κ3) is 2.35. The minimum absolute atomic E-state index is 0.177. The lowest BCUT2D eigenvalue weighted by Crippen LogP contribution is -2.06. The van der Waals surface area contributed by atoms with E-state index in [0.29, 0.717) is 5.41 Å². The maximum atomic E-state index is 11.2. The molecule has 0 fully saturated rings. The van der Waals surface area contributed by atoms with Crippen molar-refractivity contribution in [1.29, 1.82) is 0 Å². The molecule has 0 aliphatic rings. The van der Waals surface area contributed by atoms with Gasteiger partial charge in [0.15, 0.2) is 0 Å². The van der Waals surface area contributed by atoms with Crippen LogP contribution in [0.1, 0.15) is 0 Å². The first kappa shape index (κ1) is 13.4. The molecule has 1 rings (SSSR count). The van der Waals surface area contributed by atoms with Gasteiger partial charge in [0.2, 0.25) is 18.5 Å². The minimum Gasteiger partial charge on any atom is -0.294 e. The van der Waals surface area contributed by atoms with Crippen LogP contribution in [0.2, 0.25) is 0 Å². The number of rotatable bonds is 4. The van der Waals surface area contributed by atoms with Crippen LogP contribution >= 0.6 is 11.3 Å². The average molecular weight is 304 g/mol. The Balaban J connectivity index is 3.36. The monoisotopic (exact) mass is 304 g/mol. The van der Waals surface area contributed by atoms with Crippen molar-refractivity contribution >= 4 is 40.2 Å². The van der Waals surface area contributed by atoms with Crippen molar-refractivity contribution in [3.8, 4) is 0 Å². The number of hydrogen-bond donors (Lipinski definition) is 1. The fourth-order valence-electron chi connectivity index (χ4n) is 0.545. The van der Waals surface area contributed by atoms with Crippen molar-refractivity contribution in [2.45, 2.75) is 8.68 Å². The Morgan fingerprint density at radius 3 is 2.19 bits per heavy atom. The quantitative estimate of drug-likeness (QED) is 0.574. The van der Waals surface area contributed by atoms with Gasteiger partial charge in [-0.05, 0) is 0 Å². The first-order chi connectivity index (χ1) is 7.21. The van der Waals surface area contributed by atoms with E-state index in [2.05, 4.69) is 16.8 Å². The standard InChI is InChI=1S/C4H4N2O6S4/c1-2-15(9,10)3-5-6-4(13-3)16(11,12)14(7)8/h2H,1H2,(H,7,8). The van der Waals surface area contributed by atoms with Crippen molar-refractivity contribution < 1.29 is 25.6 Å². The fraction of sp³-hybridized carbons (Fsp3) is 0. The van der Waals surface area contributed by atoms with Crippen LogP contribution in [0.25, 0.3) is 0 Å². The van der Waals surface area contributed by atoms with Crippen LogP contribution in [0.3, 0.4) is 0 Å². The molecule has 1 atom stereocenters. The molecule has 1 aromatic rings. The molecule has 1 N–H and O–H groups in total. The molecular formula is C4H4N2O6S4. The first-order valence-corrected chi connectivity index (χ1v) is 8.76. The Morgan fingerprint density at radius 2 is 1.75 bits per heavy atom. The zero-order chi connectivity index (χ0) is 12.6. The second kappa shape index (κ2) is 4.29. The van der Waals surface area contributed by atoms with Gasteiger partial charge in [0.05, 0.1) is 0 Å². The van der Waals surface area contributed by atoms with Crippen molar-refractivity contribution in [3.63, 3.8) is 0 Å². The molecule has 0 bridgehead atoms. The van der Waals surface area contributed by atoms with E-state index in [1.54, 1.807) is 0 Å². The summed E-state index contributed by atoms with van der Waals surface area (Å²) in [4.78, 5) is 0. The predicted molar refractivity (Wildman–Crippen MR) is 55.2 cm³/mol. The summed E-state index contributed by atoms with van der Waals surface area (Å²) in [7, 11) is -11.6. The third-order valence-corrected chi connectivity index (χ3v) is 7.43. The number of hydrogen-bond acceptors (Lipinski definition) is 8. The van der Waals surface area contributed by atoms with Crippen LogP contribution in [0.15, 0.2) is 20.7 Å². The van der Waals surface area contributed by atoms with Gasteiger partial charge < -0.3 is 0 Å². The molecule has 0 radical (unpaired) electrons. The Morgan fingerprint density at radius 1 is 1.25 bits per heavy atom. The smallest absolute Gasteiger partial charge is 0.294 e. The van der Waals surface area contributed by atoms with Crippen molar-refractivity contribution in [2.24, 2.45) is 0 Å². The molecule has 0 saturated heterocycles. The van der Waals surface area contributed by atoms with Gasteiger partial charge in [0.25, 0.3) is 10.1 Å². The van der Waals surface area contributed by atoms with Crippen LogP contribution in [-0.4, -0.2) is 35.8 Å². The van der Waals surface area contributed by atoms with Crippen LogP contribution < -0.4 is 0 Å². The van der Waals surface area contributed by atoms with Gasteiger partial charge in [-0.1, -0.05) is 17.9 Å². The summed E-state index contributed by atoms with van der Waals surface area (Å²) < 4.78 is 62.0. The minimum atomic E-state index is -4.55. The van der Waals surface area contributed by atoms with Gasteiger partial charge in [-0.25, -0.2) is 21.0 Å². The molecule has 0 aliphatic heterocycles. The highest BCUT2D eigenvalue weighted by molar-refractivity contribution is 8.62. The lowest BCUT2D eigenvalue weighted by molar-refractivity contribution is 0.561. The summed E-state index contributed by atoms with van der Waals surface area (Å²) in [5.74, 6) is 0. The van der Waals surface area contributed by atoms with E-state index < -0.39 is 37.5 Å². The molecule has 8 nitrogen and oxygen atoms in total. The van der Waals surface area contributed by atoms with E-state index in [1.165, 1.54) is 0 Å². The van der Waals surface area contributed by atoms with Crippen LogP contribution in [-0.2, 0) is 28.8 Å². The van der Waals surface area contributed by atoms with Gasteiger partial charge in [0.1, 0.15) is 0 Å². The van der Waals surface area contributed by atoms with Crippen LogP contribution in [0.5, 0.6) is 0 Å². The summed E-state index contributed by atoms with van der Waals surface area (Å²) >= 11 is 0.177. The molecule has 12 heteroatoms. The van der Waals surface area contributed by atoms with Gasteiger partial charge in [-0.3, -0.25) is 4.55 Å². The summed E-state index contributed by atoms with van der Waals surface area (Å²) in [5.41, 5.74) is 0. The molecule has 16 heavy (non-hydrogen) atoms. The molecule has 1 heterocycles. The Kier molecular flexibility index (Phi) is 3.59. The normalized spacial score (nSPS) is 14.6. The number of aromatic nitrogens is 2. The molecule has 0 spiro atoms. The molecule has 0 aliphatic carbocycles. The SMILES string of the molecule is C=CS(=O)(=O)c1nnc(S(=O)(=O)S(=O)O)s1. The van der Waals surface area contributed by atoms with E-state index in [1.807, 2.05) is 0 Å². The molecule has 0 saturated carbocycles. The average Bonchev–Trinajstić information content (AvgIpc) is 2.67. The van der Waals surface area contributed by atoms with Crippen molar-refractivity contribution in [2.75, 3.05) is 0 Å². The highest BCUT2D eigenvalue weighted by Crippen LogP contribution is 2.23. The van der Waals surface area contributed by atoms with Crippen molar-refractivity contribution in [3.05, 3.63) is 12.0 Å². The van der Waals surface area contributed by atoms with Gasteiger partial charge in [-0.15, -0.1) is 10.2 Å². The molecule has 0 aromatic carbocycles. The summed E-state index contributed by atoms with van der Waals surface area (Å²) in [6.45, 7) is 3.01. The molecule has 1 aromatic heterocycles. The number of nitrogens with zero attached hydrogens (tertiary/aromatic N) is 2. The summed E-state index contributed by atoms with van der Waals surface area (Å²) in [5, 5.41) is 6.69. The van der Waals surface area contributed by atoms with Gasteiger partial charge >= 0.3 is 8.87 Å². The second-order valence-corrected chi connectivity index (χ2v) is 9.42. The Bertz CT molecular complexity index is 640. The second-order valence-electron chi connectivity index (χ2n) is 2.22. The van der Waals surface area contributed by atoms with Crippen LogP contribution in [0.4, 0.5) is 0 Å². The van der Waals surface area contributed by atoms with Crippen molar-refractivity contribution in [1.82, 2.24) is 10.2 Å². The van der Waals surface area contributed by atoms with E-state index >= 15 is 0 Å². The summed E-state index contributed by atoms with van der Waals surface area (Å²) in [6, 6.07) is 0. The zero-order valence-corrected chi connectivity index (χ0v) is 10.6. The van der Waals surface area contributed by atoms with E-state index in [4.69, 9.17) is 4.55 Å². The molecular weight excluding hydrogens is 300 g/mol. The molecule has 0 amide bonds. The maximum absolute atomic E-state index is 11.2. The Hall–Kier alpha value is -0.690. The lowest BCUT2D eigenvalue weighted by Gasteiger charge is -1.90. The third-order valence-electron chi connectivity index (χ3n) is 1.25. The van der Waals surface area contributed by atoms with E-state index in [0.717, 1.165) is 0 Å². The topological polar surface area (TPSA) is 131 Å². The zero-order valence-electron chi connectivity index (χ0n) is 7.30. The summed E-state index contributed by atoms with van der Waals surface area (Å²) in [6.07, 6.45) is 0.